The van der Waals surface area contributed by atoms with Gasteiger partial charge in [-0.15, -0.1) is 0 Å². The second kappa shape index (κ2) is 6.64. The van der Waals surface area contributed by atoms with Gasteiger partial charge in [0.2, 0.25) is 0 Å². The highest BCUT2D eigenvalue weighted by molar-refractivity contribution is 5.83. The van der Waals surface area contributed by atoms with Crippen LogP contribution in [-0.4, -0.2) is 21.6 Å². The van der Waals surface area contributed by atoms with Crippen molar-refractivity contribution in [2.75, 3.05) is 11.9 Å². The van der Waals surface area contributed by atoms with Gasteiger partial charge in [-0.2, -0.15) is 0 Å². The molecular weight excluding hydrogens is 306 g/mol. The Morgan fingerprint density at radius 2 is 1.96 bits per heavy atom. The number of aryl methyl sites for hydroxylation is 1. The van der Waals surface area contributed by atoms with Gasteiger partial charge in [0.05, 0.1) is 11.0 Å². The molecule has 6 heteroatoms. The second-order valence-corrected chi connectivity index (χ2v) is 5.62. The van der Waals surface area contributed by atoms with Gasteiger partial charge in [0, 0.05) is 12.1 Å². The minimum Gasteiger partial charge on any atom is -0.387 e. The van der Waals surface area contributed by atoms with E-state index >= 15 is 0 Å². The molecule has 1 unspecified atom stereocenters. The average Bonchev–Trinajstić information content (AvgIpc) is 2.59. The number of hydrogen-bond acceptors (Lipinski definition) is 5. The summed E-state index contributed by atoms with van der Waals surface area (Å²) in [5.74, 6) is 0.498. The lowest BCUT2D eigenvalue weighted by atomic mass is 10.0. The lowest BCUT2D eigenvalue weighted by molar-refractivity contribution is -0.385. The molecule has 1 atom stereocenters. The Morgan fingerprint density at radius 1 is 1.21 bits per heavy atom. The van der Waals surface area contributed by atoms with E-state index in [-0.39, 0.29) is 12.2 Å². The Bertz CT molecular complexity index is 896. The van der Waals surface area contributed by atoms with E-state index in [0.717, 1.165) is 16.3 Å². The highest BCUT2D eigenvalue weighted by Gasteiger charge is 2.13. The van der Waals surface area contributed by atoms with E-state index in [2.05, 4.69) is 10.3 Å². The molecule has 0 saturated heterocycles. The molecule has 0 bridgehead atoms. The minimum absolute atomic E-state index is 0.0179. The fourth-order valence-corrected chi connectivity index (χ4v) is 2.57. The van der Waals surface area contributed by atoms with E-state index in [1.807, 2.05) is 42.5 Å². The van der Waals surface area contributed by atoms with Crippen LogP contribution >= 0.6 is 0 Å². The zero-order valence-corrected chi connectivity index (χ0v) is 13.1. The van der Waals surface area contributed by atoms with Crippen molar-refractivity contribution in [2.24, 2.45) is 0 Å². The fraction of sp³-hybridized carbons (Fsp3) is 0.167. The maximum atomic E-state index is 10.8. The Hall–Kier alpha value is -2.99. The number of anilines is 1. The summed E-state index contributed by atoms with van der Waals surface area (Å²) in [7, 11) is 0. The molecule has 0 aliphatic rings. The third-order valence-electron chi connectivity index (χ3n) is 3.91. The molecule has 0 amide bonds. The number of aromatic nitrogens is 1. The normalized spacial score (nSPS) is 12.1. The molecule has 0 fully saturated rings. The summed E-state index contributed by atoms with van der Waals surface area (Å²) in [6, 6.07) is 15.4. The minimum atomic E-state index is -0.702. The number of nitrogens with zero attached hydrogens (tertiary/aromatic N) is 2. The number of benzene rings is 2. The van der Waals surface area contributed by atoms with Crippen molar-refractivity contribution >= 4 is 22.3 Å². The van der Waals surface area contributed by atoms with Crippen molar-refractivity contribution in [1.29, 1.82) is 0 Å². The first kappa shape index (κ1) is 15.9. The maximum absolute atomic E-state index is 10.8. The summed E-state index contributed by atoms with van der Waals surface area (Å²) in [5.41, 5.74) is 1.31. The van der Waals surface area contributed by atoms with Gasteiger partial charge in [-0.05, 0) is 35.4 Å². The van der Waals surface area contributed by atoms with Crippen LogP contribution in [0.25, 0.3) is 10.8 Å². The average molecular weight is 323 g/mol. The SMILES string of the molecule is Cc1cc(NCC(O)c2ccc3ccccc3c2)ncc1[N+](=O)[O-]. The van der Waals surface area contributed by atoms with Gasteiger partial charge in [0.15, 0.2) is 0 Å². The molecule has 1 aromatic heterocycles. The predicted octanol–water partition coefficient (Wildman–Crippen LogP) is 3.60. The molecular formula is C18H17N3O3. The number of nitro groups is 1. The number of aliphatic hydroxyl groups is 1. The summed E-state index contributed by atoms with van der Waals surface area (Å²) in [6.07, 6.45) is 0.520. The molecule has 0 aliphatic carbocycles. The first-order valence-corrected chi connectivity index (χ1v) is 7.56. The Balaban J connectivity index is 1.71. The quantitative estimate of drug-likeness (QED) is 0.553. The first-order valence-electron chi connectivity index (χ1n) is 7.56. The van der Waals surface area contributed by atoms with Gasteiger partial charge < -0.3 is 10.4 Å². The van der Waals surface area contributed by atoms with Crippen molar-refractivity contribution in [3.05, 3.63) is 76.0 Å². The van der Waals surface area contributed by atoms with Crippen LogP contribution in [0.4, 0.5) is 11.5 Å². The van der Waals surface area contributed by atoms with Gasteiger partial charge in [-0.3, -0.25) is 10.1 Å². The van der Waals surface area contributed by atoms with E-state index in [1.165, 1.54) is 6.20 Å². The number of rotatable bonds is 5. The van der Waals surface area contributed by atoms with Gasteiger partial charge in [-0.25, -0.2) is 4.98 Å². The Labute approximate surface area is 138 Å². The van der Waals surface area contributed by atoms with Crippen LogP contribution in [0.15, 0.2) is 54.7 Å². The molecule has 1 heterocycles. The summed E-state index contributed by atoms with van der Waals surface area (Å²) in [5, 5.41) is 26.4. The monoisotopic (exact) mass is 323 g/mol. The molecule has 0 aliphatic heterocycles. The molecule has 0 radical (unpaired) electrons. The maximum Gasteiger partial charge on any atom is 0.290 e. The molecule has 6 nitrogen and oxygen atoms in total. The first-order chi connectivity index (χ1) is 11.5. The van der Waals surface area contributed by atoms with E-state index in [1.54, 1.807) is 13.0 Å². The Morgan fingerprint density at radius 3 is 2.67 bits per heavy atom. The van der Waals surface area contributed by atoms with Crippen molar-refractivity contribution in [3.63, 3.8) is 0 Å². The lowest BCUT2D eigenvalue weighted by Crippen LogP contribution is -2.13. The molecule has 0 saturated carbocycles. The molecule has 24 heavy (non-hydrogen) atoms. The van der Waals surface area contributed by atoms with Crippen LogP contribution < -0.4 is 5.32 Å². The van der Waals surface area contributed by atoms with Crippen LogP contribution in [0.1, 0.15) is 17.2 Å². The van der Waals surface area contributed by atoms with Crippen LogP contribution in [0, 0.1) is 17.0 Å². The highest BCUT2D eigenvalue weighted by Crippen LogP contribution is 2.22. The van der Waals surface area contributed by atoms with Crippen molar-refractivity contribution < 1.29 is 10.0 Å². The van der Waals surface area contributed by atoms with Crippen molar-refractivity contribution in [1.82, 2.24) is 4.98 Å². The zero-order chi connectivity index (χ0) is 17.1. The summed E-state index contributed by atoms with van der Waals surface area (Å²) in [6.45, 7) is 1.92. The molecule has 0 spiro atoms. The van der Waals surface area contributed by atoms with Crippen molar-refractivity contribution in [3.8, 4) is 0 Å². The highest BCUT2D eigenvalue weighted by atomic mass is 16.6. The number of hydrogen-bond donors (Lipinski definition) is 2. The second-order valence-electron chi connectivity index (χ2n) is 5.62. The van der Waals surface area contributed by atoms with E-state index in [0.29, 0.717) is 11.4 Å². The smallest absolute Gasteiger partial charge is 0.290 e. The molecule has 2 N–H and O–H groups in total. The van der Waals surface area contributed by atoms with Gasteiger partial charge >= 0.3 is 0 Å². The number of pyridine rings is 1. The zero-order valence-electron chi connectivity index (χ0n) is 13.1. The number of fused-ring (bicyclic) bond motifs is 1. The van der Waals surface area contributed by atoms with Crippen LogP contribution in [0.3, 0.4) is 0 Å². The topological polar surface area (TPSA) is 88.3 Å². The van der Waals surface area contributed by atoms with Crippen LogP contribution in [0.2, 0.25) is 0 Å². The molecule has 3 aromatic rings. The lowest BCUT2D eigenvalue weighted by Gasteiger charge is -2.13. The van der Waals surface area contributed by atoms with Gasteiger partial charge in [0.25, 0.3) is 5.69 Å². The van der Waals surface area contributed by atoms with Crippen molar-refractivity contribution in [2.45, 2.75) is 13.0 Å². The molecule has 2 aromatic carbocycles. The Kier molecular flexibility index (Phi) is 4.39. The third kappa shape index (κ3) is 3.33. The number of aliphatic hydroxyl groups excluding tert-OH is 1. The molecule has 3 rings (SSSR count). The van der Waals surface area contributed by atoms with Crippen LogP contribution in [-0.2, 0) is 0 Å². The summed E-state index contributed by atoms with van der Waals surface area (Å²) >= 11 is 0. The molecule has 122 valence electrons. The van der Waals surface area contributed by atoms with E-state index < -0.39 is 11.0 Å². The summed E-state index contributed by atoms with van der Waals surface area (Å²) < 4.78 is 0. The fourth-order valence-electron chi connectivity index (χ4n) is 2.57. The standard InChI is InChI=1S/C18H17N3O3/c1-12-8-18(19-10-16(12)21(23)24)20-11-17(22)15-7-6-13-4-2-3-5-14(13)9-15/h2-10,17,22H,11H2,1H3,(H,19,20). The summed E-state index contributed by atoms with van der Waals surface area (Å²) in [4.78, 5) is 14.3. The number of nitrogens with one attached hydrogen (secondary N) is 1. The third-order valence-corrected chi connectivity index (χ3v) is 3.91. The largest absolute Gasteiger partial charge is 0.387 e. The van der Waals surface area contributed by atoms with E-state index in [4.69, 9.17) is 0 Å². The van der Waals surface area contributed by atoms with Gasteiger partial charge in [-0.1, -0.05) is 36.4 Å². The van der Waals surface area contributed by atoms with E-state index in [9.17, 15) is 15.2 Å². The predicted molar refractivity (Wildman–Crippen MR) is 93.0 cm³/mol. The van der Waals surface area contributed by atoms with Gasteiger partial charge in [0.1, 0.15) is 12.0 Å². The van der Waals surface area contributed by atoms with Crippen LogP contribution in [0.5, 0.6) is 0 Å².